The average Bonchev–Trinajstić information content (AvgIpc) is 2.43. The van der Waals surface area contributed by atoms with Crippen LogP contribution < -0.4 is 5.32 Å². The quantitative estimate of drug-likeness (QED) is 0.425. The van der Waals surface area contributed by atoms with Crippen molar-refractivity contribution in [2.75, 3.05) is 5.75 Å². The van der Waals surface area contributed by atoms with Crippen LogP contribution in [-0.2, 0) is 9.59 Å². The lowest BCUT2D eigenvalue weighted by Crippen LogP contribution is -2.34. The Morgan fingerprint density at radius 3 is 2.77 bits per heavy atom. The maximum Gasteiger partial charge on any atom is 0.303 e. The minimum atomic E-state index is -0.924. The van der Waals surface area contributed by atoms with E-state index < -0.39 is 10.9 Å². The van der Waals surface area contributed by atoms with Crippen LogP contribution in [0.15, 0.2) is 23.1 Å². The molecule has 0 aliphatic rings. The number of hydrogen-bond donors (Lipinski definition) is 2. The molecule has 0 heterocycles. The summed E-state index contributed by atoms with van der Waals surface area (Å²) in [6.45, 7) is 1.70. The van der Waals surface area contributed by atoms with Crippen molar-refractivity contribution in [3.63, 3.8) is 0 Å². The first-order valence-corrected chi connectivity index (χ1v) is 7.74. The summed E-state index contributed by atoms with van der Waals surface area (Å²) in [7, 11) is 0. The largest absolute Gasteiger partial charge is 0.481 e. The first kappa shape index (κ1) is 18.2. The predicted molar refractivity (Wildman–Crippen MR) is 83.3 cm³/mol. The van der Waals surface area contributed by atoms with Crippen molar-refractivity contribution in [3.05, 3.63) is 33.3 Å². The number of carbonyl (C=O) groups is 2. The second-order valence-corrected chi connectivity index (χ2v) is 6.01. The molecule has 0 bridgehead atoms. The van der Waals surface area contributed by atoms with Crippen LogP contribution in [0.1, 0.15) is 19.8 Å². The SMILES string of the molecule is CC(CCC(=O)O)NC(=O)CSc1ccc(Cl)cc1[N+](=O)[O-]. The molecular weight excluding hydrogens is 332 g/mol. The molecule has 9 heteroatoms. The van der Waals surface area contributed by atoms with E-state index in [1.54, 1.807) is 6.92 Å². The molecule has 0 radical (unpaired) electrons. The van der Waals surface area contributed by atoms with Crippen molar-refractivity contribution in [3.8, 4) is 0 Å². The van der Waals surface area contributed by atoms with E-state index in [1.165, 1.54) is 18.2 Å². The standard InChI is InChI=1S/C13H15ClN2O5S/c1-8(2-5-13(18)19)15-12(17)7-22-11-4-3-9(14)6-10(11)16(20)21/h3-4,6,8H,2,5,7H2,1H3,(H,15,17)(H,18,19). The topological polar surface area (TPSA) is 110 Å². The number of rotatable bonds is 8. The molecule has 0 aromatic heterocycles. The van der Waals surface area contributed by atoms with E-state index in [1.807, 2.05) is 0 Å². The molecule has 1 unspecified atom stereocenters. The van der Waals surface area contributed by atoms with E-state index in [0.29, 0.717) is 11.3 Å². The van der Waals surface area contributed by atoms with E-state index in [0.717, 1.165) is 11.8 Å². The summed E-state index contributed by atoms with van der Waals surface area (Å²) in [5.41, 5.74) is -0.149. The van der Waals surface area contributed by atoms with Crippen LogP contribution in [0, 0.1) is 10.1 Å². The molecule has 1 aromatic carbocycles. The molecule has 22 heavy (non-hydrogen) atoms. The van der Waals surface area contributed by atoms with E-state index in [4.69, 9.17) is 16.7 Å². The van der Waals surface area contributed by atoms with E-state index >= 15 is 0 Å². The number of nitrogens with zero attached hydrogens (tertiary/aromatic N) is 1. The highest BCUT2D eigenvalue weighted by Crippen LogP contribution is 2.31. The van der Waals surface area contributed by atoms with Crippen LogP contribution in [0.3, 0.4) is 0 Å². The number of nitrogens with one attached hydrogen (secondary N) is 1. The van der Waals surface area contributed by atoms with Gasteiger partial charge in [-0.15, -0.1) is 11.8 Å². The second kappa shape index (κ2) is 8.60. The third-order valence-electron chi connectivity index (χ3n) is 2.68. The summed E-state index contributed by atoms with van der Waals surface area (Å²) in [5.74, 6) is -1.24. The lowest BCUT2D eigenvalue weighted by atomic mass is 10.2. The summed E-state index contributed by atoms with van der Waals surface area (Å²) in [4.78, 5) is 32.9. The zero-order chi connectivity index (χ0) is 16.7. The van der Waals surface area contributed by atoms with Gasteiger partial charge in [0.05, 0.1) is 15.6 Å². The molecule has 0 spiro atoms. The third kappa shape index (κ3) is 6.31. The van der Waals surface area contributed by atoms with Gasteiger partial charge in [-0.3, -0.25) is 19.7 Å². The molecular formula is C13H15ClN2O5S. The molecule has 1 amide bonds. The number of aliphatic carboxylic acids is 1. The Balaban J connectivity index is 2.54. The van der Waals surface area contributed by atoms with Gasteiger partial charge in [-0.05, 0) is 25.5 Å². The van der Waals surface area contributed by atoms with E-state index in [9.17, 15) is 19.7 Å². The molecule has 0 saturated heterocycles. The average molecular weight is 347 g/mol. The Hall–Kier alpha value is -1.80. The number of carbonyl (C=O) groups excluding carboxylic acids is 1. The van der Waals surface area contributed by atoms with Crippen LogP contribution >= 0.6 is 23.4 Å². The van der Waals surface area contributed by atoms with Gasteiger partial charge < -0.3 is 10.4 Å². The van der Waals surface area contributed by atoms with Crippen molar-refractivity contribution >= 4 is 40.9 Å². The summed E-state index contributed by atoms with van der Waals surface area (Å²) in [5, 5.41) is 22.4. The molecule has 0 fully saturated rings. The molecule has 1 aromatic rings. The number of carboxylic acids is 1. The molecule has 0 saturated carbocycles. The number of nitro groups is 1. The van der Waals surface area contributed by atoms with Gasteiger partial charge in [0.2, 0.25) is 5.91 Å². The van der Waals surface area contributed by atoms with Crippen molar-refractivity contribution < 1.29 is 19.6 Å². The van der Waals surface area contributed by atoms with Crippen molar-refractivity contribution in [2.45, 2.75) is 30.7 Å². The van der Waals surface area contributed by atoms with Crippen molar-refractivity contribution in [2.24, 2.45) is 0 Å². The normalized spacial score (nSPS) is 11.7. The number of hydrogen-bond acceptors (Lipinski definition) is 5. The molecule has 0 aliphatic carbocycles. The Morgan fingerprint density at radius 2 is 2.18 bits per heavy atom. The Kier molecular flexibility index (Phi) is 7.13. The maximum absolute atomic E-state index is 11.7. The van der Waals surface area contributed by atoms with E-state index in [-0.39, 0.29) is 34.8 Å². The fourth-order valence-electron chi connectivity index (χ4n) is 1.63. The number of carboxylic acid groups (broad SMARTS) is 1. The first-order valence-electron chi connectivity index (χ1n) is 6.37. The van der Waals surface area contributed by atoms with Gasteiger partial charge in [0.25, 0.3) is 5.69 Å². The van der Waals surface area contributed by atoms with Crippen molar-refractivity contribution in [1.82, 2.24) is 5.32 Å². The Labute approximate surface area is 136 Å². The number of benzene rings is 1. The predicted octanol–water partition coefficient (Wildman–Crippen LogP) is 2.71. The summed E-state index contributed by atoms with van der Waals surface area (Å²) in [6, 6.07) is 3.97. The number of thioether (sulfide) groups is 1. The zero-order valence-electron chi connectivity index (χ0n) is 11.7. The van der Waals surface area contributed by atoms with Gasteiger partial charge in [0.15, 0.2) is 0 Å². The van der Waals surface area contributed by atoms with Gasteiger partial charge in [0, 0.05) is 23.6 Å². The zero-order valence-corrected chi connectivity index (χ0v) is 13.3. The van der Waals surface area contributed by atoms with Crippen LogP contribution in [-0.4, -0.2) is 33.7 Å². The number of halogens is 1. The molecule has 1 rings (SSSR count). The lowest BCUT2D eigenvalue weighted by molar-refractivity contribution is -0.387. The highest BCUT2D eigenvalue weighted by molar-refractivity contribution is 8.00. The molecule has 0 aliphatic heterocycles. The van der Waals surface area contributed by atoms with Crippen LogP contribution in [0.2, 0.25) is 5.02 Å². The van der Waals surface area contributed by atoms with Gasteiger partial charge >= 0.3 is 5.97 Å². The first-order chi connectivity index (χ1) is 10.3. The number of amides is 1. The lowest BCUT2D eigenvalue weighted by Gasteiger charge is -2.12. The minimum Gasteiger partial charge on any atom is -0.481 e. The van der Waals surface area contributed by atoms with Gasteiger partial charge in [-0.2, -0.15) is 0 Å². The minimum absolute atomic E-state index is 0.000115. The van der Waals surface area contributed by atoms with Crippen LogP contribution in [0.25, 0.3) is 0 Å². The molecule has 2 N–H and O–H groups in total. The fraction of sp³-hybridized carbons (Fsp3) is 0.385. The van der Waals surface area contributed by atoms with E-state index in [2.05, 4.69) is 5.32 Å². The third-order valence-corrected chi connectivity index (χ3v) is 3.97. The molecule has 7 nitrogen and oxygen atoms in total. The number of nitro benzene ring substituents is 1. The fourth-order valence-corrected chi connectivity index (χ4v) is 2.61. The molecule has 120 valence electrons. The smallest absolute Gasteiger partial charge is 0.303 e. The van der Waals surface area contributed by atoms with Crippen molar-refractivity contribution in [1.29, 1.82) is 0 Å². The maximum atomic E-state index is 11.7. The highest BCUT2D eigenvalue weighted by Gasteiger charge is 2.16. The van der Waals surface area contributed by atoms with Crippen LogP contribution in [0.5, 0.6) is 0 Å². The summed E-state index contributed by atoms with van der Waals surface area (Å²) < 4.78 is 0. The van der Waals surface area contributed by atoms with Gasteiger partial charge in [-0.25, -0.2) is 0 Å². The summed E-state index contributed by atoms with van der Waals surface area (Å²) in [6.07, 6.45) is 0.296. The van der Waals surface area contributed by atoms with Crippen LogP contribution in [0.4, 0.5) is 5.69 Å². The Bertz CT molecular complexity index is 582. The Morgan fingerprint density at radius 1 is 1.50 bits per heavy atom. The van der Waals surface area contributed by atoms with Gasteiger partial charge in [-0.1, -0.05) is 11.6 Å². The van der Waals surface area contributed by atoms with Gasteiger partial charge in [0.1, 0.15) is 0 Å². The molecule has 1 atom stereocenters. The monoisotopic (exact) mass is 346 g/mol. The summed E-state index contributed by atoms with van der Waals surface area (Å²) >= 11 is 6.74. The second-order valence-electron chi connectivity index (χ2n) is 4.56. The highest BCUT2D eigenvalue weighted by atomic mass is 35.5.